The van der Waals surface area contributed by atoms with Crippen LogP contribution >= 0.6 is 0 Å². The smallest absolute Gasteiger partial charge is 0.221 e. The van der Waals surface area contributed by atoms with Crippen LogP contribution in [0.3, 0.4) is 0 Å². The second-order valence-corrected chi connectivity index (χ2v) is 6.19. The van der Waals surface area contributed by atoms with Gasteiger partial charge in [-0.05, 0) is 31.6 Å². The standard InChI is InChI=1S/C16H32N4O/c1-5-8-18-15(21)7-9-19-16(17-6-2)20-11-13(3)10-14(4)12-20/h13-14H,5-12H2,1-4H3,(H,17,19)(H,18,21). The molecule has 1 aliphatic rings. The van der Waals surface area contributed by atoms with Gasteiger partial charge in [0.15, 0.2) is 5.96 Å². The Kier molecular flexibility index (Phi) is 8.16. The van der Waals surface area contributed by atoms with Gasteiger partial charge in [0.2, 0.25) is 5.91 Å². The molecule has 2 N–H and O–H groups in total. The first-order chi connectivity index (χ1) is 10.1. The molecule has 2 atom stereocenters. The van der Waals surface area contributed by atoms with Crippen molar-refractivity contribution in [2.24, 2.45) is 16.8 Å². The summed E-state index contributed by atoms with van der Waals surface area (Å²) >= 11 is 0. The van der Waals surface area contributed by atoms with E-state index in [1.54, 1.807) is 0 Å². The van der Waals surface area contributed by atoms with Crippen molar-refractivity contribution in [2.45, 2.75) is 47.0 Å². The molecule has 1 aliphatic heterocycles. The van der Waals surface area contributed by atoms with E-state index in [9.17, 15) is 4.79 Å². The maximum atomic E-state index is 11.6. The maximum absolute atomic E-state index is 11.6. The summed E-state index contributed by atoms with van der Waals surface area (Å²) in [5, 5.41) is 6.24. The predicted octanol–water partition coefficient (Wildman–Crippen LogP) is 1.85. The summed E-state index contributed by atoms with van der Waals surface area (Å²) < 4.78 is 0. The summed E-state index contributed by atoms with van der Waals surface area (Å²) in [5.41, 5.74) is 0. The number of hydrogen-bond donors (Lipinski definition) is 2. The molecular weight excluding hydrogens is 264 g/mol. The van der Waals surface area contributed by atoms with Crippen LogP contribution in [-0.2, 0) is 4.79 Å². The molecule has 1 saturated heterocycles. The normalized spacial score (nSPS) is 23.0. The lowest BCUT2D eigenvalue weighted by Gasteiger charge is -2.37. The third-order valence-electron chi connectivity index (χ3n) is 3.68. The Labute approximate surface area is 129 Å². The minimum absolute atomic E-state index is 0.0943. The van der Waals surface area contributed by atoms with Crippen molar-refractivity contribution in [2.75, 3.05) is 32.7 Å². The Morgan fingerprint density at radius 3 is 2.43 bits per heavy atom. The molecule has 2 unspecified atom stereocenters. The predicted molar refractivity (Wildman–Crippen MR) is 88.4 cm³/mol. The highest BCUT2D eigenvalue weighted by Crippen LogP contribution is 2.20. The Hall–Kier alpha value is -1.26. The van der Waals surface area contributed by atoms with Gasteiger partial charge in [0.25, 0.3) is 0 Å². The van der Waals surface area contributed by atoms with Gasteiger partial charge >= 0.3 is 0 Å². The zero-order chi connectivity index (χ0) is 15.7. The summed E-state index contributed by atoms with van der Waals surface area (Å²) in [5.74, 6) is 2.45. The van der Waals surface area contributed by atoms with E-state index in [0.29, 0.717) is 24.8 Å². The lowest BCUT2D eigenvalue weighted by atomic mass is 9.92. The first kappa shape index (κ1) is 17.8. The number of carbonyl (C=O) groups excluding carboxylic acids is 1. The van der Waals surface area contributed by atoms with Crippen LogP contribution < -0.4 is 10.6 Å². The van der Waals surface area contributed by atoms with E-state index in [1.165, 1.54) is 6.42 Å². The van der Waals surface area contributed by atoms with Crippen molar-refractivity contribution in [3.8, 4) is 0 Å². The maximum Gasteiger partial charge on any atom is 0.221 e. The molecule has 0 aromatic rings. The monoisotopic (exact) mass is 296 g/mol. The average molecular weight is 296 g/mol. The van der Waals surface area contributed by atoms with E-state index < -0.39 is 0 Å². The number of hydrogen-bond acceptors (Lipinski definition) is 2. The molecular formula is C16H32N4O. The molecule has 0 aromatic heterocycles. The van der Waals surface area contributed by atoms with Crippen molar-refractivity contribution in [1.29, 1.82) is 0 Å². The summed E-state index contributed by atoms with van der Waals surface area (Å²) in [6, 6.07) is 0. The van der Waals surface area contributed by atoms with Gasteiger partial charge < -0.3 is 15.5 Å². The van der Waals surface area contributed by atoms with Crippen molar-refractivity contribution < 1.29 is 4.79 Å². The van der Waals surface area contributed by atoms with Crippen LogP contribution in [0.2, 0.25) is 0 Å². The molecule has 0 spiro atoms. The van der Waals surface area contributed by atoms with E-state index in [-0.39, 0.29) is 5.91 Å². The van der Waals surface area contributed by atoms with Gasteiger partial charge in [0.05, 0.1) is 6.54 Å². The first-order valence-electron chi connectivity index (χ1n) is 8.36. The molecule has 0 aliphatic carbocycles. The number of nitrogens with zero attached hydrogens (tertiary/aromatic N) is 2. The van der Waals surface area contributed by atoms with Gasteiger partial charge in [0, 0.05) is 32.6 Å². The summed E-state index contributed by atoms with van der Waals surface area (Å²) in [4.78, 5) is 18.6. The molecule has 1 rings (SSSR count). The second-order valence-electron chi connectivity index (χ2n) is 6.19. The van der Waals surface area contributed by atoms with Crippen molar-refractivity contribution in [3.63, 3.8) is 0 Å². The summed E-state index contributed by atoms with van der Waals surface area (Å²) in [6.45, 7) is 13.0. The van der Waals surface area contributed by atoms with Crippen molar-refractivity contribution >= 4 is 11.9 Å². The number of amides is 1. The number of piperidine rings is 1. The summed E-state index contributed by atoms with van der Waals surface area (Å²) in [6.07, 6.45) is 2.73. The highest BCUT2D eigenvalue weighted by molar-refractivity contribution is 5.81. The van der Waals surface area contributed by atoms with Crippen LogP contribution in [0.15, 0.2) is 4.99 Å². The zero-order valence-electron chi connectivity index (χ0n) is 14.1. The minimum atomic E-state index is 0.0943. The summed E-state index contributed by atoms with van der Waals surface area (Å²) in [7, 11) is 0. The van der Waals surface area contributed by atoms with Crippen molar-refractivity contribution in [3.05, 3.63) is 0 Å². The number of nitrogens with one attached hydrogen (secondary N) is 2. The molecule has 21 heavy (non-hydrogen) atoms. The molecule has 0 bridgehead atoms. The van der Waals surface area contributed by atoms with E-state index in [0.717, 1.165) is 38.6 Å². The third-order valence-corrected chi connectivity index (χ3v) is 3.68. The van der Waals surface area contributed by atoms with E-state index in [4.69, 9.17) is 0 Å². The van der Waals surface area contributed by atoms with Gasteiger partial charge in [0.1, 0.15) is 0 Å². The first-order valence-corrected chi connectivity index (χ1v) is 8.36. The number of guanidine groups is 1. The van der Waals surface area contributed by atoms with E-state index >= 15 is 0 Å². The van der Waals surface area contributed by atoms with Crippen LogP contribution in [0.4, 0.5) is 0 Å². The number of rotatable bonds is 6. The van der Waals surface area contributed by atoms with Gasteiger partial charge in [-0.2, -0.15) is 0 Å². The Balaban J connectivity index is 2.51. The van der Waals surface area contributed by atoms with E-state index in [2.05, 4.69) is 48.2 Å². The van der Waals surface area contributed by atoms with Crippen LogP contribution in [-0.4, -0.2) is 49.5 Å². The van der Waals surface area contributed by atoms with Gasteiger partial charge in [-0.3, -0.25) is 9.79 Å². The number of likely N-dealkylation sites (tertiary alicyclic amines) is 1. The topological polar surface area (TPSA) is 56.7 Å². The lowest BCUT2D eigenvalue weighted by molar-refractivity contribution is -0.120. The molecule has 0 aromatic carbocycles. The van der Waals surface area contributed by atoms with Gasteiger partial charge in [-0.15, -0.1) is 0 Å². The van der Waals surface area contributed by atoms with Crippen LogP contribution in [0.1, 0.15) is 47.0 Å². The average Bonchev–Trinajstić information content (AvgIpc) is 2.43. The molecule has 1 fully saturated rings. The Bertz CT molecular complexity index is 333. The highest BCUT2D eigenvalue weighted by atomic mass is 16.1. The highest BCUT2D eigenvalue weighted by Gasteiger charge is 2.23. The molecule has 5 nitrogen and oxygen atoms in total. The number of carbonyl (C=O) groups is 1. The largest absolute Gasteiger partial charge is 0.357 e. The van der Waals surface area contributed by atoms with Crippen LogP contribution in [0, 0.1) is 11.8 Å². The fourth-order valence-corrected chi connectivity index (χ4v) is 2.88. The van der Waals surface area contributed by atoms with E-state index in [1.807, 2.05) is 0 Å². The second kappa shape index (κ2) is 9.64. The molecule has 0 radical (unpaired) electrons. The lowest BCUT2D eigenvalue weighted by Crippen LogP contribution is -2.48. The molecule has 122 valence electrons. The van der Waals surface area contributed by atoms with Crippen LogP contribution in [0.25, 0.3) is 0 Å². The fraction of sp³-hybridized carbons (Fsp3) is 0.875. The molecule has 0 saturated carbocycles. The quantitative estimate of drug-likeness (QED) is 0.581. The van der Waals surface area contributed by atoms with Gasteiger partial charge in [-0.1, -0.05) is 20.8 Å². The minimum Gasteiger partial charge on any atom is -0.357 e. The zero-order valence-corrected chi connectivity index (χ0v) is 14.1. The molecule has 5 heteroatoms. The SMILES string of the molecule is CCCNC(=O)CCN=C(NCC)N1CC(C)CC(C)C1. The third kappa shape index (κ3) is 6.82. The van der Waals surface area contributed by atoms with Crippen molar-refractivity contribution in [1.82, 2.24) is 15.5 Å². The molecule has 1 amide bonds. The van der Waals surface area contributed by atoms with Crippen LogP contribution in [0.5, 0.6) is 0 Å². The fourth-order valence-electron chi connectivity index (χ4n) is 2.88. The Morgan fingerprint density at radius 1 is 1.19 bits per heavy atom. The Morgan fingerprint density at radius 2 is 1.86 bits per heavy atom. The van der Waals surface area contributed by atoms with Gasteiger partial charge in [-0.25, -0.2) is 0 Å². The molecule has 1 heterocycles. The number of aliphatic imine (C=N–C) groups is 1.